The zero-order valence-corrected chi connectivity index (χ0v) is 7.89. The van der Waals surface area contributed by atoms with Crippen LogP contribution >= 0.6 is 0 Å². The van der Waals surface area contributed by atoms with Gasteiger partial charge in [0.1, 0.15) is 0 Å². The van der Waals surface area contributed by atoms with E-state index in [9.17, 15) is 13.2 Å². The van der Waals surface area contributed by atoms with Crippen LogP contribution in [0.25, 0.3) is 0 Å². The second kappa shape index (κ2) is 5.22. The lowest BCUT2D eigenvalue weighted by molar-refractivity contribution is -0.173. The Morgan fingerprint density at radius 3 is 2.43 bits per heavy atom. The number of hydrogen-bond donors (Lipinski definition) is 0. The van der Waals surface area contributed by atoms with E-state index in [0.29, 0.717) is 5.92 Å². The zero-order valence-electron chi connectivity index (χ0n) is 7.89. The number of hydrogen-bond acceptors (Lipinski definition) is 2. The number of oxime groups is 1. The van der Waals surface area contributed by atoms with E-state index in [4.69, 9.17) is 0 Å². The molecule has 14 heavy (non-hydrogen) atoms. The Morgan fingerprint density at radius 1 is 1.21 bits per heavy atom. The molecule has 0 aliphatic heterocycles. The highest BCUT2D eigenvalue weighted by Crippen LogP contribution is 2.22. The smallest absolute Gasteiger partial charge is 0.386 e. The van der Waals surface area contributed by atoms with Crippen molar-refractivity contribution < 1.29 is 18.0 Å². The predicted molar refractivity (Wildman–Crippen MR) is 47.1 cm³/mol. The maximum atomic E-state index is 11.6. The van der Waals surface area contributed by atoms with Gasteiger partial charge in [-0.15, -0.1) is 0 Å². The molecule has 1 rings (SSSR count). The summed E-state index contributed by atoms with van der Waals surface area (Å²) in [5.74, 6) is 0.303. The van der Waals surface area contributed by atoms with Crippen molar-refractivity contribution in [3.63, 3.8) is 0 Å². The lowest BCUT2D eigenvalue weighted by Crippen LogP contribution is -2.15. The molecule has 1 fully saturated rings. The Hall–Kier alpha value is -0.740. The quantitative estimate of drug-likeness (QED) is 0.517. The van der Waals surface area contributed by atoms with Crippen LogP contribution in [0.4, 0.5) is 13.2 Å². The van der Waals surface area contributed by atoms with E-state index in [1.54, 1.807) is 0 Å². The summed E-state index contributed by atoms with van der Waals surface area (Å²) in [7, 11) is 0. The van der Waals surface area contributed by atoms with Crippen molar-refractivity contribution in [2.24, 2.45) is 11.1 Å². The van der Waals surface area contributed by atoms with Crippen LogP contribution in [0.2, 0.25) is 0 Å². The van der Waals surface area contributed by atoms with Crippen LogP contribution in [0.15, 0.2) is 5.16 Å². The maximum absolute atomic E-state index is 11.6. The van der Waals surface area contributed by atoms with E-state index in [0.717, 1.165) is 25.7 Å². The minimum absolute atomic E-state index is 0.303. The van der Waals surface area contributed by atoms with Crippen molar-refractivity contribution >= 4 is 6.21 Å². The van der Waals surface area contributed by atoms with Crippen LogP contribution in [0, 0.1) is 5.92 Å². The lowest BCUT2D eigenvalue weighted by Gasteiger charge is -2.16. The number of alkyl halides is 3. The van der Waals surface area contributed by atoms with E-state index in [2.05, 4.69) is 9.99 Å². The molecule has 1 aliphatic rings. The highest BCUT2D eigenvalue weighted by Gasteiger charge is 2.28. The highest BCUT2D eigenvalue weighted by atomic mass is 19.4. The van der Waals surface area contributed by atoms with E-state index in [1.165, 1.54) is 12.6 Å². The van der Waals surface area contributed by atoms with Gasteiger partial charge in [-0.1, -0.05) is 24.4 Å². The van der Waals surface area contributed by atoms with Crippen LogP contribution < -0.4 is 0 Å². The van der Waals surface area contributed by atoms with Gasteiger partial charge in [-0.25, -0.2) is 0 Å². The van der Waals surface area contributed by atoms with E-state index in [1.807, 2.05) is 0 Å². The van der Waals surface area contributed by atoms with Crippen LogP contribution in [-0.4, -0.2) is 19.0 Å². The molecule has 1 saturated carbocycles. The molecule has 0 heterocycles. The second-order valence-electron chi connectivity index (χ2n) is 3.54. The third-order valence-corrected chi connectivity index (χ3v) is 2.22. The molecular formula is C9H14F3NO. The molecule has 0 aromatic rings. The summed E-state index contributed by atoms with van der Waals surface area (Å²) in [5.41, 5.74) is 0. The van der Waals surface area contributed by atoms with Gasteiger partial charge in [0.05, 0.1) is 0 Å². The molecule has 0 spiro atoms. The number of rotatable bonds is 3. The van der Waals surface area contributed by atoms with Crippen molar-refractivity contribution in [2.45, 2.75) is 38.3 Å². The van der Waals surface area contributed by atoms with Crippen molar-refractivity contribution in [1.29, 1.82) is 0 Å². The molecule has 0 bridgehead atoms. The van der Waals surface area contributed by atoms with Gasteiger partial charge in [0.25, 0.3) is 0 Å². The Morgan fingerprint density at radius 2 is 1.86 bits per heavy atom. The molecule has 5 heteroatoms. The fraction of sp³-hybridized carbons (Fsp3) is 0.889. The van der Waals surface area contributed by atoms with Crippen LogP contribution in [0.5, 0.6) is 0 Å². The van der Waals surface area contributed by atoms with Crippen LogP contribution in [0.1, 0.15) is 32.1 Å². The molecule has 0 radical (unpaired) electrons. The summed E-state index contributed by atoms with van der Waals surface area (Å²) in [5, 5.41) is 3.34. The summed E-state index contributed by atoms with van der Waals surface area (Å²) in [6.45, 7) is -1.30. The first-order valence-electron chi connectivity index (χ1n) is 4.80. The molecule has 0 unspecified atom stereocenters. The summed E-state index contributed by atoms with van der Waals surface area (Å²) >= 11 is 0. The van der Waals surface area contributed by atoms with Gasteiger partial charge in [-0.3, -0.25) is 0 Å². The minimum atomic E-state index is -4.29. The van der Waals surface area contributed by atoms with Crippen molar-refractivity contribution in [3.05, 3.63) is 0 Å². The third-order valence-electron chi connectivity index (χ3n) is 2.22. The van der Waals surface area contributed by atoms with Gasteiger partial charge < -0.3 is 4.84 Å². The van der Waals surface area contributed by atoms with Gasteiger partial charge in [0, 0.05) is 6.21 Å². The molecular weight excluding hydrogens is 195 g/mol. The monoisotopic (exact) mass is 209 g/mol. The minimum Gasteiger partial charge on any atom is -0.386 e. The molecule has 0 amide bonds. The lowest BCUT2D eigenvalue weighted by atomic mass is 9.90. The molecule has 0 saturated heterocycles. The van der Waals surface area contributed by atoms with Gasteiger partial charge in [-0.2, -0.15) is 13.2 Å². The molecule has 0 atom stereocenters. The zero-order chi connectivity index (χ0) is 10.4. The molecule has 1 aliphatic carbocycles. The predicted octanol–water partition coefficient (Wildman–Crippen LogP) is 3.13. The van der Waals surface area contributed by atoms with Gasteiger partial charge >= 0.3 is 6.18 Å². The van der Waals surface area contributed by atoms with E-state index in [-0.39, 0.29) is 0 Å². The Labute approximate surface area is 81.1 Å². The fourth-order valence-corrected chi connectivity index (χ4v) is 1.52. The average Bonchev–Trinajstić information content (AvgIpc) is 2.13. The summed E-state index contributed by atoms with van der Waals surface area (Å²) in [6, 6.07) is 0. The first-order valence-corrected chi connectivity index (χ1v) is 4.80. The second-order valence-corrected chi connectivity index (χ2v) is 3.54. The SMILES string of the molecule is FC(F)(F)CON=CC1CCCCC1. The van der Waals surface area contributed by atoms with Crippen molar-refractivity contribution in [2.75, 3.05) is 6.61 Å². The average molecular weight is 209 g/mol. The summed E-state index contributed by atoms with van der Waals surface area (Å²) in [6.07, 6.45) is 2.73. The molecule has 0 N–H and O–H groups in total. The molecule has 82 valence electrons. The van der Waals surface area contributed by atoms with E-state index >= 15 is 0 Å². The molecule has 0 aromatic heterocycles. The summed E-state index contributed by atoms with van der Waals surface area (Å²) in [4.78, 5) is 4.15. The van der Waals surface area contributed by atoms with Gasteiger partial charge in [0.15, 0.2) is 0 Å². The first-order chi connectivity index (χ1) is 6.58. The highest BCUT2D eigenvalue weighted by molar-refractivity contribution is 5.59. The standard InChI is InChI=1S/C9H14F3NO/c10-9(11,12)7-14-13-6-8-4-2-1-3-5-8/h6,8H,1-5,7H2. The van der Waals surface area contributed by atoms with Crippen LogP contribution in [0.3, 0.4) is 0 Å². The first kappa shape index (κ1) is 11.3. The summed E-state index contributed by atoms with van der Waals surface area (Å²) < 4.78 is 34.9. The van der Waals surface area contributed by atoms with E-state index < -0.39 is 12.8 Å². The normalized spacial score (nSPS) is 20.2. The Balaban J connectivity index is 2.13. The molecule has 2 nitrogen and oxygen atoms in total. The third kappa shape index (κ3) is 5.09. The fourth-order valence-electron chi connectivity index (χ4n) is 1.52. The van der Waals surface area contributed by atoms with Crippen molar-refractivity contribution in [3.8, 4) is 0 Å². The largest absolute Gasteiger partial charge is 0.425 e. The maximum Gasteiger partial charge on any atom is 0.425 e. The Kier molecular flexibility index (Phi) is 4.22. The Bertz CT molecular complexity index is 185. The van der Waals surface area contributed by atoms with Gasteiger partial charge in [0.2, 0.25) is 6.61 Å². The molecule has 0 aromatic carbocycles. The number of halogens is 3. The topological polar surface area (TPSA) is 21.6 Å². The van der Waals surface area contributed by atoms with Crippen molar-refractivity contribution in [1.82, 2.24) is 0 Å². The number of nitrogens with zero attached hydrogens (tertiary/aromatic N) is 1. The van der Waals surface area contributed by atoms with Crippen LogP contribution in [-0.2, 0) is 4.84 Å². The van der Waals surface area contributed by atoms with Gasteiger partial charge in [-0.05, 0) is 18.8 Å².